The number of anilines is 1. The molecule has 1 aliphatic rings. The summed E-state index contributed by atoms with van der Waals surface area (Å²) in [7, 11) is 1.89. The summed E-state index contributed by atoms with van der Waals surface area (Å²) in [5, 5.41) is 3.14. The van der Waals surface area contributed by atoms with Crippen molar-refractivity contribution in [3.8, 4) is 5.88 Å². The molecule has 0 atom stereocenters. The quantitative estimate of drug-likeness (QED) is 0.900. The molecule has 4 heteroatoms. The third-order valence-corrected chi connectivity index (χ3v) is 3.70. The van der Waals surface area contributed by atoms with Crippen LogP contribution in [-0.4, -0.2) is 23.1 Å². The smallest absolute Gasteiger partial charge is 0.222 e. The van der Waals surface area contributed by atoms with Gasteiger partial charge in [0.2, 0.25) is 5.88 Å². The lowest BCUT2D eigenvalue weighted by molar-refractivity contribution is 0.147. The Morgan fingerprint density at radius 2 is 1.84 bits per heavy atom. The molecule has 0 radical (unpaired) electrons. The first-order chi connectivity index (χ1) is 9.11. The van der Waals surface area contributed by atoms with Crippen molar-refractivity contribution in [1.29, 1.82) is 0 Å². The number of hydrogen-bond acceptors (Lipinski definition) is 4. The predicted octanol–water partition coefficient (Wildman–Crippen LogP) is 3.66. The predicted molar refractivity (Wildman–Crippen MR) is 77.9 cm³/mol. The first-order valence-electron chi connectivity index (χ1n) is 7.34. The Kier molecular flexibility index (Phi) is 4.61. The van der Waals surface area contributed by atoms with Crippen LogP contribution in [0.15, 0.2) is 0 Å². The molecule has 0 amide bonds. The standard InChI is InChI=1S/C15H25N3O/c1-10(2)13-17-14(16-4)11(3)15(18-13)19-12-8-6-5-7-9-12/h10,12H,5-9H2,1-4H3,(H,16,17,18). The normalized spacial score (nSPS) is 16.7. The molecule has 0 aliphatic heterocycles. The van der Waals surface area contributed by atoms with Gasteiger partial charge in [0.1, 0.15) is 17.7 Å². The minimum atomic E-state index is 0.307. The Bertz CT molecular complexity index is 426. The summed E-state index contributed by atoms with van der Waals surface area (Å²) in [4.78, 5) is 9.14. The van der Waals surface area contributed by atoms with Crippen molar-refractivity contribution in [2.45, 2.75) is 64.9 Å². The van der Waals surface area contributed by atoms with Crippen LogP contribution in [0.4, 0.5) is 5.82 Å². The van der Waals surface area contributed by atoms with Crippen LogP contribution in [0.25, 0.3) is 0 Å². The summed E-state index contributed by atoms with van der Waals surface area (Å²) >= 11 is 0. The van der Waals surface area contributed by atoms with Gasteiger partial charge >= 0.3 is 0 Å². The topological polar surface area (TPSA) is 47.0 Å². The lowest BCUT2D eigenvalue weighted by atomic mass is 9.98. The largest absolute Gasteiger partial charge is 0.474 e. The van der Waals surface area contributed by atoms with Gasteiger partial charge in [-0.1, -0.05) is 20.3 Å². The average Bonchev–Trinajstić information content (AvgIpc) is 2.42. The maximum atomic E-state index is 6.13. The molecule has 106 valence electrons. The summed E-state index contributed by atoms with van der Waals surface area (Å²) in [6, 6.07) is 0. The highest BCUT2D eigenvalue weighted by atomic mass is 16.5. The van der Waals surface area contributed by atoms with Crippen LogP contribution < -0.4 is 10.1 Å². The van der Waals surface area contributed by atoms with Gasteiger partial charge in [-0.15, -0.1) is 0 Å². The van der Waals surface area contributed by atoms with Crippen molar-refractivity contribution in [3.63, 3.8) is 0 Å². The zero-order chi connectivity index (χ0) is 13.8. The summed E-state index contributed by atoms with van der Waals surface area (Å²) in [5.74, 6) is 2.79. The maximum Gasteiger partial charge on any atom is 0.222 e. The number of hydrogen-bond donors (Lipinski definition) is 1. The van der Waals surface area contributed by atoms with Gasteiger partial charge in [0.15, 0.2) is 0 Å². The molecule has 1 N–H and O–H groups in total. The Labute approximate surface area is 116 Å². The van der Waals surface area contributed by atoms with Crippen LogP contribution in [0.5, 0.6) is 5.88 Å². The van der Waals surface area contributed by atoms with E-state index in [9.17, 15) is 0 Å². The van der Waals surface area contributed by atoms with E-state index in [1.807, 2.05) is 14.0 Å². The number of aromatic nitrogens is 2. The fraction of sp³-hybridized carbons (Fsp3) is 0.733. The first kappa shape index (κ1) is 14.1. The van der Waals surface area contributed by atoms with E-state index in [4.69, 9.17) is 4.74 Å². The lowest BCUT2D eigenvalue weighted by Crippen LogP contribution is -2.21. The van der Waals surface area contributed by atoms with Gasteiger partial charge in [-0.25, -0.2) is 4.98 Å². The number of nitrogens with one attached hydrogen (secondary N) is 1. The van der Waals surface area contributed by atoms with Crippen LogP contribution in [0.1, 0.15) is 63.3 Å². The Hall–Kier alpha value is -1.32. The van der Waals surface area contributed by atoms with Crippen LogP contribution in [0.2, 0.25) is 0 Å². The summed E-state index contributed by atoms with van der Waals surface area (Å²) in [6.07, 6.45) is 6.49. The van der Waals surface area contributed by atoms with Crippen molar-refractivity contribution in [2.75, 3.05) is 12.4 Å². The lowest BCUT2D eigenvalue weighted by Gasteiger charge is -2.24. The van der Waals surface area contributed by atoms with Crippen molar-refractivity contribution in [3.05, 3.63) is 11.4 Å². The van der Waals surface area contributed by atoms with Gasteiger partial charge in [0, 0.05) is 13.0 Å². The van der Waals surface area contributed by atoms with E-state index in [2.05, 4.69) is 29.1 Å². The second-order valence-electron chi connectivity index (χ2n) is 5.64. The third-order valence-electron chi connectivity index (χ3n) is 3.70. The SMILES string of the molecule is CNc1nc(C(C)C)nc(OC2CCCCC2)c1C. The van der Waals surface area contributed by atoms with Crippen molar-refractivity contribution in [2.24, 2.45) is 0 Å². The third kappa shape index (κ3) is 3.37. The molecular weight excluding hydrogens is 238 g/mol. The fourth-order valence-corrected chi connectivity index (χ4v) is 2.47. The average molecular weight is 263 g/mol. The van der Waals surface area contributed by atoms with E-state index in [1.165, 1.54) is 19.3 Å². The molecule has 0 spiro atoms. The van der Waals surface area contributed by atoms with Gasteiger partial charge < -0.3 is 10.1 Å². The van der Waals surface area contributed by atoms with E-state index in [1.54, 1.807) is 0 Å². The van der Waals surface area contributed by atoms with E-state index in [0.717, 1.165) is 35.9 Å². The highest BCUT2D eigenvalue weighted by Crippen LogP contribution is 2.28. The molecule has 19 heavy (non-hydrogen) atoms. The Morgan fingerprint density at radius 1 is 1.16 bits per heavy atom. The van der Waals surface area contributed by atoms with Gasteiger partial charge in [-0.05, 0) is 32.6 Å². The first-order valence-corrected chi connectivity index (χ1v) is 7.34. The number of rotatable bonds is 4. The van der Waals surface area contributed by atoms with E-state index >= 15 is 0 Å². The van der Waals surface area contributed by atoms with Gasteiger partial charge in [-0.3, -0.25) is 0 Å². The second kappa shape index (κ2) is 6.22. The molecule has 1 fully saturated rings. The van der Waals surface area contributed by atoms with Gasteiger partial charge in [0.25, 0.3) is 0 Å². The molecule has 1 heterocycles. The molecular formula is C15H25N3O. The molecule has 1 saturated carbocycles. The van der Waals surface area contributed by atoms with E-state index in [-0.39, 0.29) is 0 Å². The molecule has 0 unspecified atom stereocenters. The van der Waals surface area contributed by atoms with E-state index < -0.39 is 0 Å². The van der Waals surface area contributed by atoms with Crippen LogP contribution in [0, 0.1) is 6.92 Å². The summed E-state index contributed by atoms with van der Waals surface area (Å²) in [5.41, 5.74) is 1.01. The molecule has 0 bridgehead atoms. The number of nitrogens with zero attached hydrogens (tertiary/aromatic N) is 2. The molecule has 2 rings (SSSR count). The molecule has 0 aromatic carbocycles. The zero-order valence-electron chi connectivity index (χ0n) is 12.5. The summed E-state index contributed by atoms with van der Waals surface area (Å²) < 4.78 is 6.13. The fourth-order valence-electron chi connectivity index (χ4n) is 2.47. The minimum absolute atomic E-state index is 0.307. The highest BCUT2D eigenvalue weighted by Gasteiger charge is 2.19. The van der Waals surface area contributed by atoms with Crippen LogP contribution in [0.3, 0.4) is 0 Å². The minimum Gasteiger partial charge on any atom is -0.474 e. The Balaban J connectivity index is 2.24. The molecule has 1 aromatic heterocycles. The number of ether oxygens (including phenoxy) is 1. The maximum absolute atomic E-state index is 6.13. The van der Waals surface area contributed by atoms with Gasteiger partial charge in [-0.2, -0.15) is 4.98 Å². The van der Waals surface area contributed by atoms with Gasteiger partial charge in [0.05, 0.1) is 5.56 Å². The van der Waals surface area contributed by atoms with Crippen LogP contribution in [-0.2, 0) is 0 Å². The monoisotopic (exact) mass is 263 g/mol. The molecule has 4 nitrogen and oxygen atoms in total. The molecule has 1 aliphatic carbocycles. The highest BCUT2D eigenvalue weighted by molar-refractivity contribution is 5.48. The van der Waals surface area contributed by atoms with Crippen molar-refractivity contribution < 1.29 is 4.74 Å². The zero-order valence-corrected chi connectivity index (χ0v) is 12.5. The molecule has 0 saturated heterocycles. The van der Waals surface area contributed by atoms with Crippen molar-refractivity contribution in [1.82, 2.24) is 9.97 Å². The van der Waals surface area contributed by atoms with Crippen LogP contribution >= 0.6 is 0 Å². The van der Waals surface area contributed by atoms with Crippen molar-refractivity contribution >= 4 is 5.82 Å². The summed E-state index contributed by atoms with van der Waals surface area (Å²) in [6.45, 7) is 6.23. The van der Waals surface area contributed by atoms with E-state index in [0.29, 0.717) is 12.0 Å². The Morgan fingerprint density at radius 3 is 2.42 bits per heavy atom. The second-order valence-corrected chi connectivity index (χ2v) is 5.64. The molecule has 1 aromatic rings.